The standard InChI is InChI=1S/C15H14Cl2FN/c1-9-5-3-4-6-15(9)19-10(2)11-7-14(18)13(17)8-12(11)16/h3-8,10,19H,1-2H3. The first kappa shape index (κ1) is 14.2. The van der Waals surface area contributed by atoms with Crippen molar-refractivity contribution in [3.05, 3.63) is 63.4 Å². The van der Waals surface area contributed by atoms with E-state index in [-0.39, 0.29) is 11.1 Å². The summed E-state index contributed by atoms with van der Waals surface area (Å²) in [6.07, 6.45) is 0. The molecule has 0 aliphatic rings. The van der Waals surface area contributed by atoms with Crippen molar-refractivity contribution in [3.63, 3.8) is 0 Å². The van der Waals surface area contributed by atoms with Gasteiger partial charge in [0.15, 0.2) is 0 Å². The van der Waals surface area contributed by atoms with Crippen LogP contribution in [0.25, 0.3) is 0 Å². The molecule has 100 valence electrons. The number of para-hydroxylation sites is 1. The Bertz CT molecular complexity index is 599. The third kappa shape index (κ3) is 3.20. The summed E-state index contributed by atoms with van der Waals surface area (Å²) in [5.74, 6) is -0.459. The van der Waals surface area contributed by atoms with E-state index in [0.717, 1.165) is 11.3 Å². The minimum atomic E-state index is -0.459. The van der Waals surface area contributed by atoms with E-state index < -0.39 is 5.82 Å². The average Bonchev–Trinajstić information content (AvgIpc) is 2.36. The third-order valence-corrected chi connectivity index (χ3v) is 3.64. The molecule has 1 atom stereocenters. The Morgan fingerprint density at radius 1 is 1.11 bits per heavy atom. The van der Waals surface area contributed by atoms with Crippen LogP contribution in [0, 0.1) is 12.7 Å². The van der Waals surface area contributed by atoms with Gasteiger partial charge in [-0.25, -0.2) is 4.39 Å². The minimum absolute atomic E-state index is 0.0387. The number of hydrogen-bond donors (Lipinski definition) is 1. The van der Waals surface area contributed by atoms with E-state index in [1.165, 1.54) is 12.1 Å². The molecule has 0 radical (unpaired) electrons. The van der Waals surface area contributed by atoms with Gasteiger partial charge in [0.05, 0.1) is 11.1 Å². The minimum Gasteiger partial charge on any atom is -0.378 e. The molecule has 0 saturated heterocycles. The Kier molecular flexibility index (Phi) is 4.33. The van der Waals surface area contributed by atoms with Gasteiger partial charge in [-0.05, 0) is 43.2 Å². The van der Waals surface area contributed by atoms with Gasteiger partial charge < -0.3 is 5.32 Å². The number of nitrogens with one attached hydrogen (secondary N) is 1. The van der Waals surface area contributed by atoms with Gasteiger partial charge in [0.2, 0.25) is 0 Å². The van der Waals surface area contributed by atoms with Crippen molar-refractivity contribution in [1.82, 2.24) is 0 Å². The third-order valence-electron chi connectivity index (χ3n) is 3.02. The Morgan fingerprint density at radius 2 is 1.79 bits per heavy atom. The molecule has 0 spiro atoms. The van der Waals surface area contributed by atoms with Crippen LogP contribution in [0.5, 0.6) is 0 Å². The summed E-state index contributed by atoms with van der Waals surface area (Å²) in [7, 11) is 0. The van der Waals surface area contributed by atoms with E-state index in [4.69, 9.17) is 23.2 Å². The lowest BCUT2D eigenvalue weighted by molar-refractivity contribution is 0.624. The van der Waals surface area contributed by atoms with E-state index in [0.29, 0.717) is 10.6 Å². The van der Waals surface area contributed by atoms with E-state index in [1.807, 2.05) is 38.1 Å². The van der Waals surface area contributed by atoms with Crippen molar-refractivity contribution >= 4 is 28.9 Å². The van der Waals surface area contributed by atoms with Crippen molar-refractivity contribution in [3.8, 4) is 0 Å². The SMILES string of the molecule is Cc1ccccc1NC(C)c1cc(F)c(Cl)cc1Cl. The highest BCUT2D eigenvalue weighted by Crippen LogP contribution is 2.31. The van der Waals surface area contributed by atoms with Crippen molar-refractivity contribution in [2.75, 3.05) is 5.32 Å². The van der Waals surface area contributed by atoms with Gasteiger partial charge in [-0.3, -0.25) is 0 Å². The quantitative estimate of drug-likeness (QED) is 0.726. The second-order valence-electron chi connectivity index (χ2n) is 4.47. The fourth-order valence-electron chi connectivity index (χ4n) is 1.92. The van der Waals surface area contributed by atoms with Gasteiger partial charge >= 0.3 is 0 Å². The predicted octanol–water partition coefficient (Wildman–Crippen LogP) is 5.61. The summed E-state index contributed by atoms with van der Waals surface area (Å²) >= 11 is 11.8. The summed E-state index contributed by atoms with van der Waals surface area (Å²) in [5.41, 5.74) is 2.81. The second-order valence-corrected chi connectivity index (χ2v) is 5.28. The lowest BCUT2D eigenvalue weighted by Gasteiger charge is -2.19. The highest BCUT2D eigenvalue weighted by Gasteiger charge is 2.13. The van der Waals surface area contributed by atoms with Crippen LogP contribution in [0.4, 0.5) is 10.1 Å². The molecule has 1 nitrogen and oxygen atoms in total. The molecule has 0 aromatic heterocycles. The summed E-state index contributed by atoms with van der Waals surface area (Å²) < 4.78 is 13.5. The van der Waals surface area contributed by atoms with Gasteiger partial charge in [0.25, 0.3) is 0 Å². The maximum atomic E-state index is 13.5. The van der Waals surface area contributed by atoms with E-state index in [2.05, 4.69) is 5.32 Å². The molecule has 0 aliphatic carbocycles. The Hall–Kier alpha value is -1.25. The number of benzene rings is 2. The summed E-state index contributed by atoms with van der Waals surface area (Å²) in [6, 6.07) is 10.6. The molecule has 2 rings (SSSR count). The van der Waals surface area contributed by atoms with Crippen LogP contribution < -0.4 is 5.32 Å². The maximum Gasteiger partial charge on any atom is 0.142 e. The van der Waals surface area contributed by atoms with Crippen LogP contribution in [0.3, 0.4) is 0 Å². The number of halogens is 3. The van der Waals surface area contributed by atoms with Gasteiger partial charge in [0, 0.05) is 10.7 Å². The second kappa shape index (κ2) is 5.81. The van der Waals surface area contributed by atoms with Crippen LogP contribution >= 0.6 is 23.2 Å². The van der Waals surface area contributed by atoms with Crippen molar-refractivity contribution in [2.24, 2.45) is 0 Å². The molecule has 2 aromatic rings. The number of anilines is 1. The van der Waals surface area contributed by atoms with Crippen LogP contribution in [0.1, 0.15) is 24.1 Å². The summed E-state index contributed by atoms with van der Waals surface area (Å²) in [4.78, 5) is 0. The molecular weight excluding hydrogens is 284 g/mol. The molecular formula is C15H14Cl2FN. The van der Waals surface area contributed by atoms with Gasteiger partial charge in [-0.1, -0.05) is 41.4 Å². The van der Waals surface area contributed by atoms with E-state index >= 15 is 0 Å². The Morgan fingerprint density at radius 3 is 2.47 bits per heavy atom. The number of aryl methyl sites for hydroxylation is 1. The zero-order chi connectivity index (χ0) is 14.0. The molecule has 0 amide bonds. The zero-order valence-corrected chi connectivity index (χ0v) is 12.2. The molecule has 0 saturated carbocycles. The summed E-state index contributed by atoms with van der Waals surface area (Å²) in [6.45, 7) is 3.94. The van der Waals surface area contributed by atoms with Gasteiger partial charge in [-0.15, -0.1) is 0 Å². The Labute approximate surface area is 122 Å². The van der Waals surface area contributed by atoms with Gasteiger partial charge in [-0.2, -0.15) is 0 Å². The monoisotopic (exact) mass is 297 g/mol. The molecule has 2 aromatic carbocycles. The largest absolute Gasteiger partial charge is 0.378 e. The molecule has 0 fully saturated rings. The van der Waals surface area contributed by atoms with Crippen LogP contribution in [0.2, 0.25) is 10.0 Å². The lowest BCUT2D eigenvalue weighted by Crippen LogP contribution is -2.08. The highest BCUT2D eigenvalue weighted by molar-refractivity contribution is 6.35. The molecule has 0 heterocycles. The molecule has 0 bridgehead atoms. The van der Waals surface area contributed by atoms with Crippen molar-refractivity contribution in [1.29, 1.82) is 0 Å². The Balaban J connectivity index is 2.28. The van der Waals surface area contributed by atoms with E-state index in [1.54, 1.807) is 0 Å². The van der Waals surface area contributed by atoms with Crippen molar-refractivity contribution in [2.45, 2.75) is 19.9 Å². The molecule has 0 aliphatic heterocycles. The van der Waals surface area contributed by atoms with Crippen molar-refractivity contribution < 1.29 is 4.39 Å². The molecule has 19 heavy (non-hydrogen) atoms. The highest BCUT2D eigenvalue weighted by atomic mass is 35.5. The maximum absolute atomic E-state index is 13.5. The van der Waals surface area contributed by atoms with Gasteiger partial charge in [0.1, 0.15) is 5.82 Å². The topological polar surface area (TPSA) is 12.0 Å². The molecule has 1 unspecified atom stereocenters. The fourth-order valence-corrected chi connectivity index (χ4v) is 2.46. The molecule has 1 N–H and O–H groups in total. The first-order valence-corrected chi connectivity index (χ1v) is 6.71. The predicted molar refractivity (Wildman–Crippen MR) is 79.6 cm³/mol. The number of hydrogen-bond acceptors (Lipinski definition) is 1. The lowest BCUT2D eigenvalue weighted by atomic mass is 10.1. The zero-order valence-electron chi connectivity index (χ0n) is 10.7. The van der Waals surface area contributed by atoms with Crippen LogP contribution in [-0.2, 0) is 0 Å². The average molecular weight is 298 g/mol. The first-order valence-electron chi connectivity index (χ1n) is 5.95. The van der Waals surface area contributed by atoms with Crippen LogP contribution in [0.15, 0.2) is 36.4 Å². The fraction of sp³-hybridized carbons (Fsp3) is 0.200. The smallest absolute Gasteiger partial charge is 0.142 e. The van der Waals surface area contributed by atoms with Crippen LogP contribution in [-0.4, -0.2) is 0 Å². The molecule has 4 heteroatoms. The number of rotatable bonds is 3. The normalized spacial score (nSPS) is 12.3. The van der Waals surface area contributed by atoms with E-state index in [9.17, 15) is 4.39 Å². The first-order chi connectivity index (χ1) is 8.99. The summed E-state index contributed by atoms with van der Waals surface area (Å²) in [5, 5.41) is 3.82.